The zero-order valence-electron chi connectivity index (χ0n) is 11.4. The van der Waals surface area contributed by atoms with E-state index in [1.54, 1.807) is 36.4 Å². The van der Waals surface area contributed by atoms with E-state index in [2.05, 4.69) is 15.3 Å². The minimum absolute atomic E-state index is 0.307. The Balaban J connectivity index is 1.75. The van der Waals surface area contributed by atoms with Gasteiger partial charge in [-0.15, -0.1) is 0 Å². The van der Waals surface area contributed by atoms with Crippen LogP contribution in [0.25, 0.3) is 17.1 Å². The molecule has 3 rings (SSSR count). The summed E-state index contributed by atoms with van der Waals surface area (Å²) in [7, 11) is 0. The maximum absolute atomic E-state index is 13.4. The first-order chi connectivity index (χ1) is 10.6. The average Bonchev–Trinajstić information content (AvgIpc) is 2.86. The number of nitrogens with one attached hydrogen (secondary N) is 3. The van der Waals surface area contributed by atoms with Gasteiger partial charge in [0, 0.05) is 17.3 Å². The number of hydrogen-bond donors (Lipinski definition) is 3. The third kappa shape index (κ3) is 2.95. The number of halogens is 1. The summed E-state index contributed by atoms with van der Waals surface area (Å²) >= 11 is 0. The van der Waals surface area contributed by atoms with Crippen LogP contribution in [-0.4, -0.2) is 15.9 Å². The Labute approximate surface area is 124 Å². The fourth-order valence-corrected chi connectivity index (χ4v) is 2.07. The molecular weight excluding hydrogens is 285 g/mol. The van der Waals surface area contributed by atoms with Crippen LogP contribution in [-0.2, 0) is 4.79 Å². The smallest absolute Gasteiger partial charge is 0.322 e. The topological polar surface area (TPSA) is 77.8 Å². The van der Waals surface area contributed by atoms with Crippen LogP contribution >= 0.6 is 0 Å². The highest BCUT2D eigenvalue weighted by Crippen LogP contribution is 2.15. The SMILES string of the molecule is O=C(/C=C/c1ccccc1F)Nc1ccc2[nH]c(=O)[nH]c2c1. The first kappa shape index (κ1) is 13.8. The predicted molar refractivity (Wildman–Crippen MR) is 83.0 cm³/mol. The lowest BCUT2D eigenvalue weighted by Gasteiger charge is -2.02. The molecule has 1 amide bonds. The van der Waals surface area contributed by atoms with Crippen molar-refractivity contribution in [2.24, 2.45) is 0 Å². The fourth-order valence-electron chi connectivity index (χ4n) is 2.07. The fraction of sp³-hybridized carbons (Fsp3) is 0. The molecule has 6 heteroatoms. The van der Waals surface area contributed by atoms with E-state index in [0.717, 1.165) is 0 Å². The molecule has 0 spiro atoms. The summed E-state index contributed by atoms with van der Waals surface area (Å²) in [6, 6.07) is 11.2. The molecule has 0 radical (unpaired) electrons. The quantitative estimate of drug-likeness (QED) is 0.650. The van der Waals surface area contributed by atoms with Crippen LogP contribution in [0.1, 0.15) is 5.56 Å². The van der Waals surface area contributed by atoms with Crippen molar-refractivity contribution in [2.45, 2.75) is 0 Å². The molecule has 0 atom stereocenters. The molecule has 110 valence electrons. The Bertz CT molecular complexity index is 924. The molecule has 0 fully saturated rings. The summed E-state index contributed by atoms with van der Waals surface area (Å²) in [5.41, 5.74) is 1.82. The predicted octanol–water partition coefficient (Wildman–Crippen LogP) is 2.65. The zero-order valence-corrected chi connectivity index (χ0v) is 11.4. The standard InChI is InChI=1S/C16H12FN3O2/c17-12-4-2-1-3-10(12)5-8-15(21)18-11-6-7-13-14(9-11)20-16(22)19-13/h1-9H,(H,18,21)(H2,19,20,22)/b8-5+. The lowest BCUT2D eigenvalue weighted by atomic mass is 10.2. The summed E-state index contributed by atoms with van der Waals surface area (Å²) in [6.07, 6.45) is 2.66. The summed E-state index contributed by atoms with van der Waals surface area (Å²) < 4.78 is 13.4. The molecule has 5 nitrogen and oxygen atoms in total. The number of anilines is 1. The highest BCUT2D eigenvalue weighted by Gasteiger charge is 2.03. The molecule has 3 N–H and O–H groups in total. The first-order valence-corrected chi connectivity index (χ1v) is 6.57. The number of carbonyl (C=O) groups is 1. The van der Waals surface area contributed by atoms with Crippen LogP contribution < -0.4 is 11.0 Å². The van der Waals surface area contributed by atoms with E-state index in [4.69, 9.17) is 0 Å². The zero-order chi connectivity index (χ0) is 15.5. The van der Waals surface area contributed by atoms with Crippen LogP contribution in [0.5, 0.6) is 0 Å². The van der Waals surface area contributed by atoms with Crippen LogP contribution in [0.15, 0.2) is 53.3 Å². The van der Waals surface area contributed by atoms with E-state index in [1.807, 2.05) is 0 Å². The summed E-state index contributed by atoms with van der Waals surface area (Å²) in [5.74, 6) is -0.779. The van der Waals surface area contributed by atoms with Gasteiger partial charge in [0.05, 0.1) is 11.0 Å². The Kier molecular flexibility index (Phi) is 3.57. The molecule has 2 aromatic carbocycles. The summed E-state index contributed by atoms with van der Waals surface area (Å²) in [6.45, 7) is 0. The monoisotopic (exact) mass is 297 g/mol. The molecular formula is C16H12FN3O2. The maximum atomic E-state index is 13.4. The molecule has 0 saturated heterocycles. The lowest BCUT2D eigenvalue weighted by molar-refractivity contribution is -0.111. The van der Waals surface area contributed by atoms with E-state index in [9.17, 15) is 14.0 Å². The van der Waals surface area contributed by atoms with Gasteiger partial charge in [-0.05, 0) is 30.3 Å². The van der Waals surface area contributed by atoms with Gasteiger partial charge in [-0.3, -0.25) is 4.79 Å². The maximum Gasteiger partial charge on any atom is 0.323 e. The van der Waals surface area contributed by atoms with Crippen molar-refractivity contribution < 1.29 is 9.18 Å². The van der Waals surface area contributed by atoms with Gasteiger partial charge in [0.15, 0.2) is 0 Å². The van der Waals surface area contributed by atoms with Gasteiger partial charge in [-0.2, -0.15) is 0 Å². The molecule has 0 unspecified atom stereocenters. The van der Waals surface area contributed by atoms with Crippen LogP contribution in [0.2, 0.25) is 0 Å². The second kappa shape index (κ2) is 5.69. The second-order valence-corrected chi connectivity index (χ2v) is 4.68. The minimum atomic E-state index is -0.391. The number of hydrogen-bond acceptors (Lipinski definition) is 2. The van der Waals surface area contributed by atoms with Gasteiger partial charge >= 0.3 is 5.69 Å². The van der Waals surface area contributed by atoms with Crippen molar-refractivity contribution in [2.75, 3.05) is 5.32 Å². The minimum Gasteiger partial charge on any atom is -0.322 e. The molecule has 0 aliphatic heterocycles. The lowest BCUT2D eigenvalue weighted by Crippen LogP contribution is -2.07. The summed E-state index contributed by atoms with van der Waals surface area (Å²) in [5, 5.41) is 2.65. The van der Waals surface area contributed by atoms with Crippen molar-refractivity contribution in [3.63, 3.8) is 0 Å². The van der Waals surface area contributed by atoms with Gasteiger partial charge in [0.2, 0.25) is 5.91 Å². The van der Waals surface area contributed by atoms with Crippen molar-refractivity contribution in [3.05, 3.63) is 70.4 Å². The number of carbonyl (C=O) groups excluding carboxylic acids is 1. The van der Waals surface area contributed by atoms with Crippen molar-refractivity contribution >= 4 is 28.7 Å². The van der Waals surface area contributed by atoms with Crippen molar-refractivity contribution in [1.82, 2.24) is 9.97 Å². The van der Waals surface area contributed by atoms with Gasteiger partial charge < -0.3 is 15.3 Å². The van der Waals surface area contributed by atoms with Gasteiger partial charge in [0.25, 0.3) is 0 Å². The number of fused-ring (bicyclic) bond motifs is 1. The number of H-pyrrole nitrogens is 2. The third-order valence-electron chi connectivity index (χ3n) is 3.10. The Morgan fingerprint density at radius 1 is 1.09 bits per heavy atom. The van der Waals surface area contributed by atoms with E-state index in [1.165, 1.54) is 18.2 Å². The van der Waals surface area contributed by atoms with E-state index < -0.39 is 5.82 Å². The Morgan fingerprint density at radius 3 is 2.68 bits per heavy atom. The van der Waals surface area contributed by atoms with Crippen LogP contribution in [0.4, 0.5) is 10.1 Å². The number of aromatic amines is 2. The normalized spacial score (nSPS) is 11.1. The largest absolute Gasteiger partial charge is 0.323 e. The Morgan fingerprint density at radius 2 is 1.86 bits per heavy atom. The number of imidazole rings is 1. The number of benzene rings is 2. The Hall–Kier alpha value is -3.15. The van der Waals surface area contributed by atoms with Crippen LogP contribution in [0.3, 0.4) is 0 Å². The van der Waals surface area contributed by atoms with Crippen molar-refractivity contribution in [3.8, 4) is 0 Å². The number of amides is 1. The molecule has 0 saturated carbocycles. The second-order valence-electron chi connectivity index (χ2n) is 4.68. The van der Waals surface area contributed by atoms with Gasteiger partial charge in [-0.25, -0.2) is 9.18 Å². The third-order valence-corrected chi connectivity index (χ3v) is 3.10. The number of aromatic nitrogens is 2. The molecule has 3 aromatic rings. The molecule has 22 heavy (non-hydrogen) atoms. The number of rotatable bonds is 3. The highest BCUT2D eigenvalue weighted by atomic mass is 19.1. The highest BCUT2D eigenvalue weighted by molar-refractivity contribution is 6.02. The average molecular weight is 297 g/mol. The van der Waals surface area contributed by atoms with E-state index >= 15 is 0 Å². The van der Waals surface area contributed by atoms with Crippen LogP contribution in [0, 0.1) is 5.82 Å². The first-order valence-electron chi connectivity index (χ1n) is 6.57. The van der Waals surface area contributed by atoms with Gasteiger partial charge in [-0.1, -0.05) is 18.2 Å². The van der Waals surface area contributed by atoms with Gasteiger partial charge in [0.1, 0.15) is 5.82 Å². The summed E-state index contributed by atoms with van der Waals surface area (Å²) in [4.78, 5) is 28.2. The van der Waals surface area contributed by atoms with E-state index in [0.29, 0.717) is 22.3 Å². The van der Waals surface area contributed by atoms with Crippen molar-refractivity contribution in [1.29, 1.82) is 0 Å². The van der Waals surface area contributed by atoms with E-state index in [-0.39, 0.29) is 11.6 Å². The molecule has 1 aromatic heterocycles. The molecule has 1 heterocycles. The molecule has 0 aliphatic rings. The molecule has 0 bridgehead atoms. The molecule has 0 aliphatic carbocycles.